The summed E-state index contributed by atoms with van der Waals surface area (Å²) < 4.78 is 0. The van der Waals surface area contributed by atoms with E-state index in [-0.39, 0.29) is 11.9 Å². The molecule has 1 aromatic rings. The van der Waals surface area contributed by atoms with Crippen LogP contribution in [0.3, 0.4) is 0 Å². The molecule has 0 radical (unpaired) electrons. The van der Waals surface area contributed by atoms with Gasteiger partial charge >= 0.3 is 0 Å². The summed E-state index contributed by atoms with van der Waals surface area (Å²) in [6.45, 7) is 5.07. The molecule has 1 atom stereocenters. The number of hydrogen-bond acceptors (Lipinski definition) is 4. The van der Waals surface area contributed by atoms with Crippen LogP contribution in [0, 0.1) is 0 Å². The SMILES string of the molecule is CSc1ccccc1C(=O)N1CCN(C(C)C(N)=S)CC1. The van der Waals surface area contributed by atoms with E-state index in [0.717, 1.165) is 23.5 Å². The molecule has 0 spiro atoms. The zero-order valence-corrected chi connectivity index (χ0v) is 14.0. The molecule has 1 fully saturated rings. The van der Waals surface area contributed by atoms with Crippen molar-refractivity contribution in [2.45, 2.75) is 17.9 Å². The van der Waals surface area contributed by atoms with Gasteiger partial charge in [0.25, 0.3) is 5.91 Å². The molecule has 0 aromatic heterocycles. The Labute approximate surface area is 135 Å². The highest BCUT2D eigenvalue weighted by Crippen LogP contribution is 2.22. The average Bonchev–Trinajstić information content (AvgIpc) is 2.53. The smallest absolute Gasteiger partial charge is 0.255 e. The van der Waals surface area contributed by atoms with Crippen molar-refractivity contribution in [2.24, 2.45) is 5.73 Å². The lowest BCUT2D eigenvalue weighted by Gasteiger charge is -2.37. The fourth-order valence-electron chi connectivity index (χ4n) is 2.48. The summed E-state index contributed by atoms with van der Waals surface area (Å²) >= 11 is 6.65. The van der Waals surface area contributed by atoms with E-state index in [1.807, 2.05) is 42.3 Å². The number of nitrogens with zero attached hydrogens (tertiary/aromatic N) is 2. The summed E-state index contributed by atoms with van der Waals surface area (Å²) in [5, 5.41) is 0. The number of carbonyl (C=O) groups excluding carboxylic acids is 1. The first kappa shape index (κ1) is 16.3. The Morgan fingerprint density at radius 3 is 2.48 bits per heavy atom. The van der Waals surface area contributed by atoms with Gasteiger partial charge in [0.15, 0.2) is 0 Å². The molecule has 2 rings (SSSR count). The minimum absolute atomic E-state index is 0.0933. The zero-order chi connectivity index (χ0) is 15.4. The number of nitrogens with two attached hydrogens (primary N) is 1. The molecule has 1 aliphatic heterocycles. The summed E-state index contributed by atoms with van der Waals surface area (Å²) in [5.74, 6) is 0.113. The number of piperazine rings is 1. The first-order chi connectivity index (χ1) is 10.0. The quantitative estimate of drug-likeness (QED) is 0.677. The van der Waals surface area contributed by atoms with Crippen LogP contribution in [0.2, 0.25) is 0 Å². The van der Waals surface area contributed by atoms with E-state index in [1.165, 1.54) is 0 Å². The zero-order valence-electron chi connectivity index (χ0n) is 12.4. The van der Waals surface area contributed by atoms with Gasteiger partial charge < -0.3 is 10.6 Å². The fraction of sp³-hybridized carbons (Fsp3) is 0.467. The lowest BCUT2D eigenvalue weighted by atomic mass is 10.1. The van der Waals surface area contributed by atoms with Gasteiger partial charge in [0, 0.05) is 31.1 Å². The Morgan fingerprint density at radius 1 is 1.29 bits per heavy atom. The number of carbonyl (C=O) groups is 1. The molecular weight excluding hydrogens is 302 g/mol. The molecule has 0 saturated carbocycles. The van der Waals surface area contributed by atoms with Gasteiger partial charge in [-0.2, -0.15) is 0 Å². The molecule has 0 aliphatic carbocycles. The normalized spacial score (nSPS) is 17.5. The molecule has 21 heavy (non-hydrogen) atoms. The number of hydrogen-bond donors (Lipinski definition) is 1. The molecule has 114 valence electrons. The Bertz CT molecular complexity index is 527. The van der Waals surface area contributed by atoms with Crippen LogP contribution in [0.1, 0.15) is 17.3 Å². The third-order valence-corrected chi connectivity index (χ3v) is 5.04. The maximum Gasteiger partial charge on any atom is 0.255 e. The van der Waals surface area contributed by atoms with Gasteiger partial charge in [-0.05, 0) is 25.3 Å². The summed E-state index contributed by atoms with van der Waals surface area (Å²) in [6.07, 6.45) is 1.99. The highest BCUT2D eigenvalue weighted by Gasteiger charge is 2.26. The van der Waals surface area contributed by atoms with Gasteiger partial charge in [0.1, 0.15) is 0 Å². The topological polar surface area (TPSA) is 49.6 Å². The van der Waals surface area contributed by atoms with Gasteiger partial charge in [-0.1, -0.05) is 24.4 Å². The maximum atomic E-state index is 12.6. The Kier molecular flexibility index (Phi) is 5.61. The first-order valence-corrected chi connectivity index (χ1v) is 8.63. The molecule has 6 heteroatoms. The van der Waals surface area contributed by atoms with E-state index in [4.69, 9.17) is 18.0 Å². The van der Waals surface area contributed by atoms with Crippen molar-refractivity contribution in [3.05, 3.63) is 29.8 Å². The molecule has 4 nitrogen and oxygen atoms in total. The van der Waals surface area contributed by atoms with E-state index in [0.29, 0.717) is 18.1 Å². The van der Waals surface area contributed by atoms with E-state index in [2.05, 4.69) is 4.90 Å². The Balaban J connectivity index is 2.02. The number of benzene rings is 1. The van der Waals surface area contributed by atoms with Gasteiger partial charge in [-0.15, -0.1) is 11.8 Å². The second-order valence-electron chi connectivity index (χ2n) is 5.11. The number of amides is 1. The van der Waals surface area contributed by atoms with Crippen LogP contribution in [0.15, 0.2) is 29.2 Å². The molecule has 0 bridgehead atoms. The fourth-order valence-corrected chi connectivity index (χ4v) is 3.22. The van der Waals surface area contributed by atoms with Crippen LogP contribution in [-0.2, 0) is 0 Å². The minimum Gasteiger partial charge on any atom is -0.392 e. The highest BCUT2D eigenvalue weighted by atomic mass is 32.2. The predicted octanol–water partition coefficient (Wildman–Crippen LogP) is 1.84. The Morgan fingerprint density at radius 2 is 1.90 bits per heavy atom. The van der Waals surface area contributed by atoms with Crippen molar-refractivity contribution < 1.29 is 4.79 Å². The second kappa shape index (κ2) is 7.24. The van der Waals surface area contributed by atoms with Crippen LogP contribution >= 0.6 is 24.0 Å². The molecule has 1 aliphatic rings. The van der Waals surface area contributed by atoms with Crippen LogP contribution < -0.4 is 5.73 Å². The summed E-state index contributed by atoms with van der Waals surface area (Å²) in [6, 6.07) is 7.86. The molecule has 1 heterocycles. The monoisotopic (exact) mass is 323 g/mol. The van der Waals surface area contributed by atoms with Crippen LogP contribution in [-0.4, -0.2) is 59.2 Å². The van der Waals surface area contributed by atoms with Crippen molar-refractivity contribution in [3.8, 4) is 0 Å². The van der Waals surface area contributed by atoms with Gasteiger partial charge in [-0.25, -0.2) is 0 Å². The largest absolute Gasteiger partial charge is 0.392 e. The average molecular weight is 323 g/mol. The molecular formula is C15H21N3OS2. The van der Waals surface area contributed by atoms with Crippen molar-refractivity contribution in [1.29, 1.82) is 0 Å². The predicted molar refractivity (Wildman–Crippen MR) is 91.9 cm³/mol. The molecule has 2 N–H and O–H groups in total. The van der Waals surface area contributed by atoms with Crippen LogP contribution in [0.4, 0.5) is 0 Å². The van der Waals surface area contributed by atoms with Crippen molar-refractivity contribution in [1.82, 2.24) is 9.80 Å². The summed E-state index contributed by atoms with van der Waals surface area (Å²) in [7, 11) is 0. The van der Waals surface area contributed by atoms with E-state index in [1.54, 1.807) is 11.8 Å². The van der Waals surface area contributed by atoms with Gasteiger partial charge in [-0.3, -0.25) is 9.69 Å². The third kappa shape index (κ3) is 3.75. The van der Waals surface area contributed by atoms with E-state index < -0.39 is 0 Å². The van der Waals surface area contributed by atoms with E-state index in [9.17, 15) is 4.79 Å². The lowest BCUT2D eigenvalue weighted by molar-refractivity contribution is 0.0618. The van der Waals surface area contributed by atoms with Crippen molar-refractivity contribution >= 4 is 34.9 Å². The molecule has 1 aromatic carbocycles. The Hall–Kier alpha value is -1.11. The summed E-state index contributed by atoms with van der Waals surface area (Å²) in [4.78, 5) is 18.3. The van der Waals surface area contributed by atoms with Crippen molar-refractivity contribution in [3.63, 3.8) is 0 Å². The number of thioether (sulfide) groups is 1. The highest BCUT2D eigenvalue weighted by molar-refractivity contribution is 7.98. The number of thiocarbonyl (C=S) groups is 1. The van der Waals surface area contributed by atoms with E-state index >= 15 is 0 Å². The number of rotatable bonds is 4. The molecule has 1 amide bonds. The lowest BCUT2D eigenvalue weighted by Crippen LogP contribution is -2.54. The molecule has 1 unspecified atom stereocenters. The third-order valence-electron chi connectivity index (χ3n) is 3.90. The standard InChI is InChI=1S/C15H21N3OS2/c1-11(14(16)20)17-7-9-18(10-8-17)15(19)12-5-3-4-6-13(12)21-2/h3-6,11H,7-10H2,1-2H3,(H2,16,20). The second-order valence-corrected chi connectivity index (χ2v) is 6.43. The minimum atomic E-state index is 0.0933. The molecule has 1 saturated heterocycles. The van der Waals surface area contributed by atoms with Crippen LogP contribution in [0.5, 0.6) is 0 Å². The summed E-state index contributed by atoms with van der Waals surface area (Å²) in [5.41, 5.74) is 6.49. The van der Waals surface area contributed by atoms with Gasteiger partial charge in [0.2, 0.25) is 0 Å². The van der Waals surface area contributed by atoms with Crippen LogP contribution in [0.25, 0.3) is 0 Å². The maximum absolute atomic E-state index is 12.6. The van der Waals surface area contributed by atoms with Gasteiger partial charge in [0.05, 0.1) is 16.6 Å². The van der Waals surface area contributed by atoms with Crippen molar-refractivity contribution in [2.75, 3.05) is 32.4 Å². The first-order valence-electron chi connectivity index (χ1n) is 7.00.